The van der Waals surface area contributed by atoms with E-state index < -0.39 is 6.04 Å². The largest absolute Gasteiger partial charge is 0.493 e. The second-order valence-electron chi connectivity index (χ2n) is 9.45. The van der Waals surface area contributed by atoms with Crippen molar-refractivity contribution in [3.05, 3.63) is 75.4 Å². The predicted octanol–water partition coefficient (Wildman–Crippen LogP) is 4.42. The number of aromatic nitrogens is 2. The van der Waals surface area contributed by atoms with Crippen LogP contribution in [-0.2, 0) is 22.4 Å². The Bertz CT molecular complexity index is 1250. The number of nitrogens with one attached hydrogen (secondary N) is 1. The molecule has 3 aromatic rings. The zero-order valence-electron chi connectivity index (χ0n) is 21.5. The van der Waals surface area contributed by atoms with Crippen LogP contribution in [-0.4, -0.2) is 54.2 Å². The molecular weight excluding hydrogens is 543 g/mol. The Morgan fingerprint density at radius 1 is 1.10 bits per heavy atom. The lowest BCUT2D eigenvalue weighted by Gasteiger charge is -2.18. The Morgan fingerprint density at radius 3 is 2.62 bits per heavy atom. The first-order valence-electron chi connectivity index (χ1n) is 13.0. The van der Waals surface area contributed by atoms with E-state index in [0.29, 0.717) is 74.4 Å². The number of ether oxygens (including phenoxy) is 2. The number of rotatable bonds is 14. The van der Waals surface area contributed by atoms with Crippen LogP contribution < -0.4 is 15.8 Å². The molecule has 1 amide bonds. The van der Waals surface area contributed by atoms with Gasteiger partial charge in [0.05, 0.1) is 41.6 Å². The summed E-state index contributed by atoms with van der Waals surface area (Å²) in [6.45, 7) is 1.91. The van der Waals surface area contributed by atoms with Gasteiger partial charge in [0.2, 0.25) is 23.4 Å². The minimum Gasteiger partial charge on any atom is -0.493 e. The lowest BCUT2D eigenvalue weighted by molar-refractivity contribution is -0.125. The molecule has 1 saturated heterocycles. The van der Waals surface area contributed by atoms with Crippen molar-refractivity contribution >= 4 is 34.9 Å². The van der Waals surface area contributed by atoms with Gasteiger partial charge in [-0.2, -0.15) is 4.98 Å². The summed E-state index contributed by atoms with van der Waals surface area (Å²) >= 11 is 12.0. The van der Waals surface area contributed by atoms with Gasteiger partial charge in [-0.15, -0.1) is 0 Å². The Labute approximate surface area is 237 Å². The van der Waals surface area contributed by atoms with Crippen LogP contribution in [0.3, 0.4) is 0 Å². The Balaban J connectivity index is 1.30. The van der Waals surface area contributed by atoms with Crippen LogP contribution in [0.4, 0.5) is 0 Å². The molecule has 4 rings (SSSR count). The summed E-state index contributed by atoms with van der Waals surface area (Å²) in [6.07, 6.45) is 3.58. The molecule has 2 atom stereocenters. The summed E-state index contributed by atoms with van der Waals surface area (Å²) in [4.78, 5) is 30.1. The third-order valence-electron chi connectivity index (χ3n) is 6.49. The van der Waals surface area contributed by atoms with Crippen molar-refractivity contribution in [2.45, 2.75) is 44.6 Å². The van der Waals surface area contributed by atoms with Crippen molar-refractivity contribution in [1.82, 2.24) is 15.5 Å². The molecule has 0 bridgehead atoms. The highest BCUT2D eigenvalue weighted by molar-refractivity contribution is 6.42. The second kappa shape index (κ2) is 14.4. The summed E-state index contributed by atoms with van der Waals surface area (Å²) in [6, 6.07) is 12.3. The molecule has 0 radical (unpaired) electrons. The molecule has 1 aliphatic rings. The average Bonchev–Trinajstić information content (AvgIpc) is 3.64. The van der Waals surface area contributed by atoms with Gasteiger partial charge < -0.3 is 25.0 Å². The van der Waals surface area contributed by atoms with Crippen LogP contribution in [0.2, 0.25) is 10.0 Å². The topological polar surface area (TPSA) is 130 Å². The number of nitrogens with zero attached hydrogens (tertiary/aromatic N) is 2. The van der Waals surface area contributed by atoms with E-state index in [1.54, 1.807) is 6.07 Å². The number of ketones is 1. The van der Waals surface area contributed by atoms with Crippen molar-refractivity contribution in [2.75, 3.05) is 26.4 Å². The highest BCUT2D eigenvalue weighted by Gasteiger charge is 2.30. The number of halogens is 2. The predicted molar refractivity (Wildman–Crippen MR) is 147 cm³/mol. The maximum atomic E-state index is 13.1. The molecule has 208 valence electrons. The molecule has 2 aromatic carbocycles. The van der Waals surface area contributed by atoms with Gasteiger partial charge in [0.15, 0.2) is 0 Å². The van der Waals surface area contributed by atoms with Crippen LogP contribution in [0, 0.1) is 5.92 Å². The van der Waals surface area contributed by atoms with Gasteiger partial charge in [0.1, 0.15) is 5.75 Å². The number of nitrogens with two attached hydrogens (primary N) is 1. The van der Waals surface area contributed by atoms with Gasteiger partial charge in [-0.1, -0.05) is 46.6 Å². The number of carbonyl (C=O) groups is 2. The van der Waals surface area contributed by atoms with Crippen LogP contribution in [0.1, 0.15) is 53.3 Å². The smallest absolute Gasteiger partial charge is 0.240 e. The van der Waals surface area contributed by atoms with Gasteiger partial charge in [0.25, 0.3) is 0 Å². The Morgan fingerprint density at radius 2 is 1.90 bits per heavy atom. The zero-order valence-corrected chi connectivity index (χ0v) is 23.0. The van der Waals surface area contributed by atoms with E-state index in [-0.39, 0.29) is 23.4 Å². The average molecular weight is 575 g/mol. The highest BCUT2D eigenvalue weighted by Crippen LogP contribution is 2.23. The van der Waals surface area contributed by atoms with Gasteiger partial charge in [-0.3, -0.25) is 9.59 Å². The first-order chi connectivity index (χ1) is 18.9. The molecule has 11 heteroatoms. The quantitative estimate of drug-likeness (QED) is 0.214. The fourth-order valence-electron chi connectivity index (χ4n) is 4.24. The number of hydrogen-bond acceptors (Lipinski definition) is 8. The molecule has 3 N–H and O–H groups in total. The summed E-state index contributed by atoms with van der Waals surface area (Å²) in [5.41, 5.74) is 7.56. The summed E-state index contributed by atoms with van der Waals surface area (Å²) in [7, 11) is 0. The molecule has 1 fully saturated rings. The van der Waals surface area contributed by atoms with E-state index in [1.807, 2.05) is 36.4 Å². The number of amides is 1. The normalized spacial score (nSPS) is 15.7. The van der Waals surface area contributed by atoms with E-state index in [1.165, 1.54) is 0 Å². The molecule has 0 saturated carbocycles. The van der Waals surface area contributed by atoms with Crippen molar-refractivity contribution in [1.29, 1.82) is 0 Å². The number of unbranched alkanes of at least 4 members (excludes halogenated alkanes) is 1. The first kappa shape index (κ1) is 29.0. The monoisotopic (exact) mass is 574 g/mol. The molecule has 0 spiro atoms. The van der Waals surface area contributed by atoms with Crippen LogP contribution in [0.25, 0.3) is 0 Å². The molecule has 2 unspecified atom stereocenters. The molecule has 2 heterocycles. The molecule has 39 heavy (non-hydrogen) atoms. The lowest BCUT2D eigenvalue weighted by Crippen LogP contribution is -2.44. The first-order valence-corrected chi connectivity index (χ1v) is 13.8. The lowest BCUT2D eigenvalue weighted by atomic mass is 10.0. The van der Waals surface area contributed by atoms with E-state index in [0.717, 1.165) is 23.3 Å². The minimum absolute atomic E-state index is 0.0482. The Kier molecular flexibility index (Phi) is 10.7. The third-order valence-corrected chi connectivity index (χ3v) is 7.23. The molecular formula is C28H32Cl2N4O5. The number of benzene rings is 2. The van der Waals surface area contributed by atoms with Crippen LogP contribution in [0.5, 0.6) is 5.75 Å². The maximum absolute atomic E-state index is 13.1. The van der Waals surface area contributed by atoms with E-state index >= 15 is 0 Å². The van der Waals surface area contributed by atoms with Crippen molar-refractivity contribution < 1.29 is 23.6 Å². The maximum Gasteiger partial charge on any atom is 0.240 e. The minimum atomic E-state index is -0.740. The molecule has 0 aliphatic carbocycles. The fraction of sp³-hybridized carbons (Fsp3) is 0.429. The SMILES string of the molecule is NCCCCC(NC(=O)C1CCOC1)C(=O)c1noc(Cc2ccc(OCCc3ccc(Cl)c(Cl)c3)cc2)n1. The molecule has 9 nitrogen and oxygen atoms in total. The van der Waals surface area contributed by atoms with E-state index in [9.17, 15) is 9.59 Å². The standard InChI is InChI=1S/C28H32Cl2N4O5/c29-22-9-6-19(15-23(22)30)10-14-38-21-7-4-18(5-8-21)16-25-33-27(34-39-25)26(35)24(3-1-2-12-31)32-28(36)20-11-13-37-17-20/h4-9,15,20,24H,1-3,10-14,16-17,31H2,(H,32,36). The summed E-state index contributed by atoms with van der Waals surface area (Å²) in [5.74, 6) is 0.167. The van der Waals surface area contributed by atoms with Crippen molar-refractivity contribution in [3.63, 3.8) is 0 Å². The van der Waals surface area contributed by atoms with E-state index in [2.05, 4.69) is 15.5 Å². The second-order valence-corrected chi connectivity index (χ2v) is 10.3. The van der Waals surface area contributed by atoms with Crippen molar-refractivity contribution in [3.8, 4) is 5.75 Å². The Hall–Kier alpha value is -2.98. The van der Waals surface area contributed by atoms with E-state index in [4.69, 9.17) is 42.9 Å². The highest BCUT2D eigenvalue weighted by atomic mass is 35.5. The number of hydrogen-bond donors (Lipinski definition) is 2. The molecule has 1 aromatic heterocycles. The van der Waals surface area contributed by atoms with Crippen LogP contribution >= 0.6 is 23.2 Å². The van der Waals surface area contributed by atoms with Crippen LogP contribution in [0.15, 0.2) is 47.0 Å². The summed E-state index contributed by atoms with van der Waals surface area (Å²) < 4.78 is 16.5. The van der Waals surface area contributed by atoms with Gasteiger partial charge >= 0.3 is 0 Å². The number of Topliss-reactive ketones (excluding diaryl/α,β-unsaturated/α-hetero) is 1. The van der Waals surface area contributed by atoms with Gasteiger partial charge in [-0.05, 0) is 67.6 Å². The number of carbonyl (C=O) groups excluding carboxylic acids is 2. The summed E-state index contributed by atoms with van der Waals surface area (Å²) in [5, 5.41) is 7.79. The molecule has 1 aliphatic heterocycles. The van der Waals surface area contributed by atoms with Crippen molar-refractivity contribution in [2.24, 2.45) is 11.7 Å². The van der Waals surface area contributed by atoms with Gasteiger partial charge in [0, 0.05) is 13.0 Å². The fourth-order valence-corrected chi connectivity index (χ4v) is 4.56. The zero-order chi connectivity index (χ0) is 27.6. The van der Waals surface area contributed by atoms with Gasteiger partial charge in [-0.25, -0.2) is 0 Å². The third kappa shape index (κ3) is 8.50.